The molecule has 4 nitrogen and oxygen atoms in total. The quantitative estimate of drug-likeness (QED) is 0.560. The first-order valence-electron chi connectivity index (χ1n) is 4.10. The highest BCUT2D eigenvalue weighted by Gasteiger charge is 2.02. The molecule has 1 N–H and O–H groups in total. The monoisotopic (exact) mass is 196 g/mol. The van der Waals surface area contributed by atoms with Crippen molar-refractivity contribution in [2.24, 2.45) is 0 Å². The number of hydrogen-bond donors (Lipinski definition) is 1. The first-order chi connectivity index (χ1) is 6.42. The van der Waals surface area contributed by atoms with E-state index < -0.39 is 0 Å². The van der Waals surface area contributed by atoms with Crippen molar-refractivity contribution in [1.29, 1.82) is 0 Å². The van der Waals surface area contributed by atoms with Crippen LogP contribution in [-0.4, -0.2) is 26.2 Å². The molecule has 5 heteroatoms. The summed E-state index contributed by atoms with van der Waals surface area (Å²) >= 11 is 1.58. The third-order valence-corrected chi connectivity index (χ3v) is 2.08. The van der Waals surface area contributed by atoms with Crippen LogP contribution in [0.25, 0.3) is 11.2 Å². The Balaban J connectivity index is 0.000000396. The van der Waals surface area contributed by atoms with E-state index in [0.717, 1.165) is 16.2 Å². The molecule has 0 aliphatic rings. The Morgan fingerprint density at radius 1 is 1.23 bits per heavy atom. The smallest absolute Gasteiger partial charge is 0.181 e. The maximum Gasteiger partial charge on any atom is 0.181 e. The van der Waals surface area contributed by atoms with Crippen LogP contribution in [-0.2, 0) is 0 Å². The predicted molar refractivity (Wildman–Crippen MR) is 54.8 cm³/mol. The average Bonchev–Trinajstić information content (AvgIpc) is 2.68. The number of nitrogens with one attached hydrogen (secondary N) is 1. The summed E-state index contributed by atoms with van der Waals surface area (Å²) in [5.74, 6) is 0. The van der Waals surface area contributed by atoms with Gasteiger partial charge in [0.25, 0.3) is 0 Å². The fourth-order valence-corrected chi connectivity index (χ4v) is 1.40. The third kappa shape index (κ3) is 1.98. The maximum atomic E-state index is 4.08. The SMILES string of the molecule is CC.CSc1ncnc2nc[nH]c12. The van der Waals surface area contributed by atoms with Crippen LogP contribution < -0.4 is 0 Å². The van der Waals surface area contributed by atoms with Gasteiger partial charge in [-0.25, -0.2) is 15.0 Å². The molecule has 13 heavy (non-hydrogen) atoms. The van der Waals surface area contributed by atoms with Crippen molar-refractivity contribution in [3.63, 3.8) is 0 Å². The van der Waals surface area contributed by atoms with Crippen LogP contribution in [0.5, 0.6) is 0 Å². The summed E-state index contributed by atoms with van der Waals surface area (Å²) in [6, 6.07) is 0. The number of aromatic nitrogens is 4. The minimum atomic E-state index is 0.726. The van der Waals surface area contributed by atoms with Crippen molar-refractivity contribution in [2.75, 3.05) is 6.26 Å². The largest absolute Gasteiger partial charge is 0.341 e. The lowest BCUT2D eigenvalue weighted by Crippen LogP contribution is -1.83. The number of imidazole rings is 1. The van der Waals surface area contributed by atoms with E-state index in [-0.39, 0.29) is 0 Å². The van der Waals surface area contributed by atoms with E-state index in [9.17, 15) is 0 Å². The molecular weight excluding hydrogens is 184 g/mol. The van der Waals surface area contributed by atoms with Crippen molar-refractivity contribution in [3.05, 3.63) is 12.7 Å². The van der Waals surface area contributed by atoms with E-state index >= 15 is 0 Å². The van der Waals surface area contributed by atoms with Gasteiger partial charge >= 0.3 is 0 Å². The molecule has 0 bridgehead atoms. The molecule has 0 aliphatic carbocycles. The number of rotatable bonds is 1. The number of H-pyrrole nitrogens is 1. The molecule has 2 heterocycles. The van der Waals surface area contributed by atoms with Crippen LogP contribution >= 0.6 is 11.8 Å². The molecule has 2 aromatic heterocycles. The molecule has 0 amide bonds. The van der Waals surface area contributed by atoms with Gasteiger partial charge in [0.2, 0.25) is 0 Å². The molecule has 0 aliphatic heterocycles. The van der Waals surface area contributed by atoms with Gasteiger partial charge in [-0.3, -0.25) is 0 Å². The molecule has 0 saturated heterocycles. The zero-order valence-electron chi connectivity index (χ0n) is 7.90. The summed E-state index contributed by atoms with van der Waals surface area (Å²) in [7, 11) is 0. The summed E-state index contributed by atoms with van der Waals surface area (Å²) < 4.78 is 0. The summed E-state index contributed by atoms with van der Waals surface area (Å²) in [4.78, 5) is 15.1. The van der Waals surface area contributed by atoms with Crippen molar-refractivity contribution in [1.82, 2.24) is 19.9 Å². The second kappa shape index (κ2) is 4.81. The van der Waals surface area contributed by atoms with E-state index in [4.69, 9.17) is 0 Å². The molecule has 70 valence electrons. The molecule has 0 fully saturated rings. The summed E-state index contributed by atoms with van der Waals surface area (Å²) in [5, 5.41) is 0.938. The normalized spacial score (nSPS) is 9.46. The number of hydrogen-bond acceptors (Lipinski definition) is 4. The lowest BCUT2D eigenvalue weighted by atomic mass is 10.6. The van der Waals surface area contributed by atoms with Crippen LogP contribution in [0.15, 0.2) is 17.7 Å². The van der Waals surface area contributed by atoms with Crippen molar-refractivity contribution >= 4 is 22.9 Å². The predicted octanol–water partition coefficient (Wildman–Crippen LogP) is 2.10. The minimum absolute atomic E-state index is 0.726. The molecule has 2 aromatic rings. The Kier molecular flexibility index (Phi) is 3.70. The Morgan fingerprint density at radius 3 is 2.69 bits per heavy atom. The highest BCUT2D eigenvalue weighted by molar-refractivity contribution is 7.98. The second-order valence-corrected chi connectivity index (χ2v) is 2.78. The fraction of sp³-hybridized carbons (Fsp3) is 0.375. The first-order valence-corrected chi connectivity index (χ1v) is 5.32. The van der Waals surface area contributed by atoms with Gasteiger partial charge in [0, 0.05) is 0 Å². The van der Waals surface area contributed by atoms with Gasteiger partial charge in [-0.1, -0.05) is 13.8 Å². The lowest BCUT2D eigenvalue weighted by Gasteiger charge is -1.93. The van der Waals surface area contributed by atoms with Gasteiger partial charge in [0.05, 0.1) is 6.33 Å². The fourth-order valence-electron chi connectivity index (χ4n) is 0.898. The zero-order valence-corrected chi connectivity index (χ0v) is 8.72. The van der Waals surface area contributed by atoms with E-state index in [1.165, 1.54) is 6.33 Å². The molecular formula is C8H12N4S. The maximum absolute atomic E-state index is 4.08. The Hall–Kier alpha value is -1.10. The van der Waals surface area contributed by atoms with Crippen molar-refractivity contribution in [3.8, 4) is 0 Å². The molecule has 0 aromatic carbocycles. The number of aromatic amines is 1. The van der Waals surface area contributed by atoms with Gasteiger partial charge in [-0.15, -0.1) is 11.8 Å². The third-order valence-electron chi connectivity index (χ3n) is 1.38. The van der Waals surface area contributed by atoms with Crippen molar-refractivity contribution in [2.45, 2.75) is 18.9 Å². The number of fused-ring (bicyclic) bond motifs is 1. The second-order valence-electron chi connectivity index (χ2n) is 1.98. The van der Waals surface area contributed by atoms with Crippen LogP contribution in [0.1, 0.15) is 13.8 Å². The van der Waals surface area contributed by atoms with Gasteiger partial charge in [-0.2, -0.15) is 0 Å². The Labute approximate surface area is 81.2 Å². The van der Waals surface area contributed by atoms with Crippen molar-refractivity contribution < 1.29 is 0 Å². The number of nitrogens with zero attached hydrogens (tertiary/aromatic N) is 3. The van der Waals surface area contributed by atoms with E-state index in [2.05, 4.69) is 19.9 Å². The highest BCUT2D eigenvalue weighted by Crippen LogP contribution is 2.18. The molecule has 2 rings (SSSR count). The van der Waals surface area contributed by atoms with Gasteiger partial charge in [0.1, 0.15) is 16.9 Å². The molecule has 0 radical (unpaired) electrons. The Bertz CT molecular complexity index is 371. The van der Waals surface area contributed by atoms with Gasteiger partial charge < -0.3 is 4.98 Å². The topological polar surface area (TPSA) is 54.5 Å². The van der Waals surface area contributed by atoms with E-state index in [0.29, 0.717) is 0 Å². The standard InChI is InChI=1S/C6H6N4S.C2H6/c1-11-6-4-5(8-2-7-4)9-3-10-6;1-2/h2-3H,1H3,(H,7,8,9,10);1-2H3. The molecule has 0 saturated carbocycles. The Morgan fingerprint density at radius 2 is 2.00 bits per heavy atom. The van der Waals surface area contributed by atoms with E-state index in [1.54, 1.807) is 18.1 Å². The molecule has 0 unspecified atom stereocenters. The zero-order chi connectivity index (χ0) is 9.68. The van der Waals surface area contributed by atoms with E-state index in [1.807, 2.05) is 20.1 Å². The summed E-state index contributed by atoms with van der Waals surface area (Å²) in [6.45, 7) is 4.00. The van der Waals surface area contributed by atoms with Crippen LogP contribution in [0.4, 0.5) is 0 Å². The van der Waals surface area contributed by atoms with Crippen LogP contribution in [0.2, 0.25) is 0 Å². The first kappa shape index (κ1) is 9.98. The van der Waals surface area contributed by atoms with Gasteiger partial charge in [-0.05, 0) is 6.26 Å². The summed E-state index contributed by atoms with van der Waals surface area (Å²) in [5.41, 5.74) is 1.64. The molecule has 0 spiro atoms. The van der Waals surface area contributed by atoms with Crippen LogP contribution in [0.3, 0.4) is 0 Å². The van der Waals surface area contributed by atoms with Gasteiger partial charge in [0.15, 0.2) is 5.65 Å². The average molecular weight is 196 g/mol. The number of thioether (sulfide) groups is 1. The van der Waals surface area contributed by atoms with Crippen LogP contribution in [0, 0.1) is 0 Å². The lowest BCUT2D eigenvalue weighted by molar-refractivity contribution is 1.09. The molecule has 0 atom stereocenters. The minimum Gasteiger partial charge on any atom is -0.341 e. The summed E-state index contributed by atoms with van der Waals surface area (Å²) in [6.07, 6.45) is 5.12. The highest BCUT2D eigenvalue weighted by atomic mass is 32.2.